The molecule has 3 aromatic rings. The second kappa shape index (κ2) is 7.38. The summed E-state index contributed by atoms with van der Waals surface area (Å²) in [5.41, 5.74) is 4.08. The number of anilines is 1. The molecule has 0 bridgehead atoms. The number of fused-ring (bicyclic) bond motifs is 1. The number of rotatable bonds is 5. The molecule has 144 valence electrons. The molecule has 2 aromatic carbocycles. The van der Waals surface area contributed by atoms with Crippen molar-refractivity contribution >= 4 is 11.7 Å². The van der Waals surface area contributed by atoms with Gasteiger partial charge in [-0.05, 0) is 43.7 Å². The van der Waals surface area contributed by atoms with Gasteiger partial charge in [0.2, 0.25) is 5.91 Å². The highest BCUT2D eigenvalue weighted by atomic mass is 16.5. The summed E-state index contributed by atoms with van der Waals surface area (Å²) in [6, 6.07) is 13.9. The Bertz CT molecular complexity index is 1010. The van der Waals surface area contributed by atoms with Crippen molar-refractivity contribution < 1.29 is 14.3 Å². The van der Waals surface area contributed by atoms with Gasteiger partial charge < -0.3 is 14.8 Å². The molecule has 6 nitrogen and oxygen atoms in total. The molecule has 1 aromatic heterocycles. The number of aromatic nitrogens is 2. The van der Waals surface area contributed by atoms with E-state index in [-0.39, 0.29) is 11.8 Å². The van der Waals surface area contributed by atoms with Gasteiger partial charge in [-0.15, -0.1) is 0 Å². The van der Waals surface area contributed by atoms with Crippen molar-refractivity contribution in [1.82, 2.24) is 9.78 Å². The average molecular weight is 377 g/mol. The molecule has 0 unspecified atom stereocenters. The summed E-state index contributed by atoms with van der Waals surface area (Å²) in [6.45, 7) is 4.54. The second-order valence-electron chi connectivity index (χ2n) is 6.84. The molecule has 6 heteroatoms. The fourth-order valence-electron chi connectivity index (χ4n) is 3.57. The van der Waals surface area contributed by atoms with Crippen LogP contribution in [-0.4, -0.2) is 29.4 Å². The topological polar surface area (TPSA) is 65.4 Å². The number of ether oxygens (including phenoxy) is 2. The monoisotopic (exact) mass is 377 g/mol. The lowest BCUT2D eigenvalue weighted by Gasteiger charge is -2.24. The van der Waals surface area contributed by atoms with Crippen LogP contribution in [0.15, 0.2) is 48.7 Å². The van der Waals surface area contributed by atoms with E-state index in [0.29, 0.717) is 24.5 Å². The molecule has 28 heavy (non-hydrogen) atoms. The predicted octanol–water partition coefficient (Wildman–Crippen LogP) is 4.06. The van der Waals surface area contributed by atoms with E-state index >= 15 is 0 Å². The third kappa shape index (κ3) is 3.22. The maximum atomic E-state index is 12.5. The number of methoxy groups -OCH3 is 1. The number of carbonyl (C=O) groups excluding carboxylic acids is 1. The number of amides is 1. The molecule has 2 heterocycles. The molecular weight excluding hydrogens is 354 g/mol. The number of hydrogen-bond acceptors (Lipinski definition) is 4. The first-order valence-corrected chi connectivity index (χ1v) is 9.36. The van der Waals surface area contributed by atoms with Gasteiger partial charge in [-0.25, -0.2) is 4.68 Å². The van der Waals surface area contributed by atoms with E-state index in [4.69, 9.17) is 9.47 Å². The van der Waals surface area contributed by atoms with E-state index in [9.17, 15) is 4.79 Å². The second-order valence-corrected chi connectivity index (χ2v) is 6.84. The Kier molecular flexibility index (Phi) is 4.77. The number of aryl methyl sites for hydroxylation is 1. The van der Waals surface area contributed by atoms with E-state index in [0.717, 1.165) is 22.6 Å². The van der Waals surface area contributed by atoms with Crippen LogP contribution in [0.1, 0.15) is 36.0 Å². The zero-order chi connectivity index (χ0) is 19.7. The molecule has 0 fully saturated rings. The van der Waals surface area contributed by atoms with E-state index < -0.39 is 0 Å². The lowest BCUT2D eigenvalue weighted by molar-refractivity contribution is -0.116. The molecule has 0 radical (unpaired) electrons. The minimum atomic E-state index is -0.0903. The van der Waals surface area contributed by atoms with Crippen LogP contribution in [0.5, 0.6) is 11.5 Å². The molecule has 0 spiro atoms. The maximum Gasteiger partial charge on any atom is 0.226 e. The third-order valence-electron chi connectivity index (χ3n) is 4.99. The molecule has 1 aliphatic rings. The number of hydrogen-bond donors (Lipinski definition) is 1. The third-order valence-corrected chi connectivity index (χ3v) is 4.99. The first-order valence-electron chi connectivity index (χ1n) is 9.36. The smallest absolute Gasteiger partial charge is 0.226 e. The van der Waals surface area contributed by atoms with Crippen LogP contribution in [0.3, 0.4) is 0 Å². The lowest BCUT2D eigenvalue weighted by atomic mass is 9.87. The van der Waals surface area contributed by atoms with Crippen LogP contribution in [0.25, 0.3) is 5.69 Å². The molecule has 1 aliphatic heterocycles. The first-order chi connectivity index (χ1) is 13.6. The number of benzene rings is 2. The summed E-state index contributed by atoms with van der Waals surface area (Å²) >= 11 is 0. The fraction of sp³-hybridized carbons (Fsp3) is 0.273. The summed E-state index contributed by atoms with van der Waals surface area (Å²) in [6.07, 6.45) is 2.20. The lowest BCUT2D eigenvalue weighted by Crippen LogP contribution is -2.24. The highest BCUT2D eigenvalue weighted by Gasteiger charge is 2.31. The van der Waals surface area contributed by atoms with E-state index in [2.05, 4.69) is 10.4 Å². The zero-order valence-electron chi connectivity index (χ0n) is 16.2. The van der Waals surface area contributed by atoms with E-state index in [1.54, 1.807) is 11.8 Å². The van der Waals surface area contributed by atoms with Crippen LogP contribution >= 0.6 is 0 Å². The predicted molar refractivity (Wildman–Crippen MR) is 108 cm³/mol. The van der Waals surface area contributed by atoms with Gasteiger partial charge in [0.15, 0.2) is 11.5 Å². The maximum absolute atomic E-state index is 12.5. The van der Waals surface area contributed by atoms with Crippen LogP contribution < -0.4 is 14.8 Å². The van der Waals surface area contributed by atoms with Crippen molar-refractivity contribution in [1.29, 1.82) is 0 Å². The molecule has 1 amide bonds. The number of nitrogens with one attached hydrogen (secondary N) is 1. The Morgan fingerprint density at radius 2 is 1.96 bits per heavy atom. The molecule has 0 saturated heterocycles. The summed E-state index contributed by atoms with van der Waals surface area (Å²) in [5.74, 6) is 1.96. The Morgan fingerprint density at radius 3 is 2.68 bits per heavy atom. The highest BCUT2D eigenvalue weighted by Crippen LogP contribution is 2.40. The normalized spacial score (nSPS) is 15.7. The Labute approximate surface area is 164 Å². The number of nitrogens with zero attached hydrogens (tertiary/aromatic N) is 2. The van der Waals surface area contributed by atoms with E-state index in [1.165, 1.54) is 5.56 Å². The summed E-state index contributed by atoms with van der Waals surface area (Å²) in [7, 11) is 1.62. The van der Waals surface area contributed by atoms with Gasteiger partial charge in [-0.3, -0.25) is 4.79 Å². The fourth-order valence-corrected chi connectivity index (χ4v) is 3.57. The largest absolute Gasteiger partial charge is 0.493 e. The Balaban J connectivity index is 1.76. The minimum absolute atomic E-state index is 0.0285. The number of carbonyl (C=O) groups is 1. The summed E-state index contributed by atoms with van der Waals surface area (Å²) in [4.78, 5) is 12.5. The van der Waals surface area contributed by atoms with Crippen molar-refractivity contribution in [2.75, 3.05) is 19.0 Å². The Hall–Kier alpha value is -3.28. The van der Waals surface area contributed by atoms with Gasteiger partial charge >= 0.3 is 0 Å². The van der Waals surface area contributed by atoms with Gasteiger partial charge in [0.1, 0.15) is 5.82 Å². The molecular formula is C22H23N3O3. The van der Waals surface area contributed by atoms with E-state index in [1.807, 2.05) is 62.5 Å². The summed E-state index contributed by atoms with van der Waals surface area (Å²) in [5, 5.41) is 7.53. The SMILES string of the molecule is CCOc1ccc([C@H]2CC(=O)Nc3c2cnn3-c2ccc(C)cc2)cc1OC. The highest BCUT2D eigenvalue weighted by molar-refractivity contribution is 5.94. The van der Waals surface area contributed by atoms with Gasteiger partial charge in [-0.2, -0.15) is 5.10 Å². The van der Waals surface area contributed by atoms with Crippen LogP contribution in [-0.2, 0) is 4.79 Å². The van der Waals surface area contributed by atoms with Crippen molar-refractivity contribution in [3.8, 4) is 17.2 Å². The van der Waals surface area contributed by atoms with Crippen LogP contribution in [0.2, 0.25) is 0 Å². The summed E-state index contributed by atoms with van der Waals surface area (Å²) < 4.78 is 12.9. The molecule has 1 N–H and O–H groups in total. The van der Waals surface area contributed by atoms with Crippen molar-refractivity contribution in [2.45, 2.75) is 26.2 Å². The minimum Gasteiger partial charge on any atom is -0.493 e. The first kappa shape index (κ1) is 18.1. The molecule has 1 atom stereocenters. The van der Waals surface area contributed by atoms with Crippen LogP contribution in [0.4, 0.5) is 5.82 Å². The zero-order valence-corrected chi connectivity index (χ0v) is 16.2. The van der Waals surface area contributed by atoms with Crippen molar-refractivity contribution in [3.05, 3.63) is 65.4 Å². The molecule has 0 saturated carbocycles. The van der Waals surface area contributed by atoms with Gasteiger partial charge in [0.05, 0.1) is 25.6 Å². The van der Waals surface area contributed by atoms with Gasteiger partial charge in [0, 0.05) is 17.9 Å². The Morgan fingerprint density at radius 1 is 1.18 bits per heavy atom. The molecule has 0 aliphatic carbocycles. The van der Waals surface area contributed by atoms with Gasteiger partial charge in [0.25, 0.3) is 0 Å². The quantitative estimate of drug-likeness (QED) is 0.728. The average Bonchev–Trinajstić information content (AvgIpc) is 3.12. The standard InChI is InChI=1S/C22H23N3O3/c1-4-28-19-10-7-15(11-20(19)27-3)17-12-21(26)24-22-18(17)13-23-25(22)16-8-5-14(2)6-9-16/h5-11,13,17H,4,12H2,1-3H3,(H,24,26)/t17-/m1/s1. The van der Waals surface area contributed by atoms with Gasteiger partial charge in [-0.1, -0.05) is 23.8 Å². The molecule has 4 rings (SSSR count). The van der Waals surface area contributed by atoms with Crippen molar-refractivity contribution in [2.24, 2.45) is 0 Å². The van der Waals surface area contributed by atoms with Crippen LogP contribution in [0, 0.1) is 6.92 Å². The van der Waals surface area contributed by atoms with Crippen molar-refractivity contribution in [3.63, 3.8) is 0 Å².